The van der Waals surface area contributed by atoms with E-state index in [1.54, 1.807) is 36.4 Å². The van der Waals surface area contributed by atoms with Crippen LogP contribution in [0.15, 0.2) is 46.9 Å². The Labute approximate surface area is 107 Å². The molecule has 2 N–H and O–H groups in total. The average Bonchev–Trinajstić information content (AvgIpc) is 2.30. The molecule has 88 valence electrons. The van der Waals surface area contributed by atoms with Crippen molar-refractivity contribution in [3.05, 3.63) is 52.5 Å². The van der Waals surface area contributed by atoms with E-state index in [1.807, 2.05) is 6.07 Å². The fourth-order valence-electron chi connectivity index (χ4n) is 1.36. The Bertz CT molecular complexity index is 509. The second-order valence-electron chi connectivity index (χ2n) is 3.56. The molecule has 0 aliphatic carbocycles. The molecule has 0 bridgehead atoms. The molecule has 0 aromatic heterocycles. The number of phenolic OH excluding ortho intramolecular Hbond substituents is 2. The summed E-state index contributed by atoms with van der Waals surface area (Å²) in [5.41, 5.74) is 0.710. The summed E-state index contributed by atoms with van der Waals surface area (Å²) in [6.45, 7) is 0.282. The Kier molecular flexibility index (Phi) is 3.54. The molecule has 2 aromatic rings. The number of hydrogen-bond acceptors (Lipinski definition) is 3. The van der Waals surface area contributed by atoms with Gasteiger partial charge in [0, 0.05) is 10.0 Å². The average molecular weight is 295 g/mol. The first kappa shape index (κ1) is 11.8. The van der Waals surface area contributed by atoms with Crippen LogP contribution in [0.1, 0.15) is 5.56 Å². The topological polar surface area (TPSA) is 49.7 Å². The number of hydrogen-bond donors (Lipinski definition) is 2. The highest BCUT2D eigenvalue weighted by Crippen LogP contribution is 2.24. The lowest BCUT2D eigenvalue weighted by molar-refractivity contribution is 0.298. The van der Waals surface area contributed by atoms with Crippen LogP contribution in [0.25, 0.3) is 0 Å². The molecule has 0 fully saturated rings. The van der Waals surface area contributed by atoms with Gasteiger partial charge in [-0.25, -0.2) is 0 Å². The van der Waals surface area contributed by atoms with Gasteiger partial charge in [0.2, 0.25) is 0 Å². The monoisotopic (exact) mass is 294 g/mol. The molecular formula is C13H11BrO3. The van der Waals surface area contributed by atoms with E-state index < -0.39 is 0 Å². The van der Waals surface area contributed by atoms with E-state index in [2.05, 4.69) is 15.9 Å². The van der Waals surface area contributed by atoms with Gasteiger partial charge < -0.3 is 14.9 Å². The van der Waals surface area contributed by atoms with E-state index in [-0.39, 0.29) is 18.1 Å². The Balaban J connectivity index is 2.04. The van der Waals surface area contributed by atoms with Crippen LogP contribution >= 0.6 is 15.9 Å². The normalized spacial score (nSPS) is 10.2. The van der Waals surface area contributed by atoms with Crippen LogP contribution in [0, 0.1) is 0 Å². The summed E-state index contributed by atoms with van der Waals surface area (Å²) < 4.78 is 6.30. The zero-order chi connectivity index (χ0) is 12.3. The molecule has 0 radical (unpaired) electrons. The Morgan fingerprint density at radius 1 is 1.00 bits per heavy atom. The third-order valence-electron chi connectivity index (χ3n) is 2.28. The minimum Gasteiger partial charge on any atom is -0.508 e. The lowest BCUT2D eigenvalue weighted by Gasteiger charge is -2.08. The third kappa shape index (κ3) is 3.14. The number of benzene rings is 2. The van der Waals surface area contributed by atoms with Crippen LogP contribution in [0.4, 0.5) is 0 Å². The van der Waals surface area contributed by atoms with E-state index in [4.69, 9.17) is 9.84 Å². The SMILES string of the molecule is Oc1ccc(OCc2ccc(Br)cc2O)cc1. The molecule has 0 heterocycles. The molecule has 0 aliphatic heterocycles. The smallest absolute Gasteiger partial charge is 0.123 e. The molecule has 0 saturated heterocycles. The van der Waals surface area contributed by atoms with Gasteiger partial charge in [-0.2, -0.15) is 0 Å². The lowest BCUT2D eigenvalue weighted by Crippen LogP contribution is -1.95. The summed E-state index contributed by atoms with van der Waals surface area (Å²) in [5, 5.41) is 18.8. The van der Waals surface area contributed by atoms with Gasteiger partial charge in [-0.3, -0.25) is 0 Å². The molecule has 4 heteroatoms. The fourth-order valence-corrected chi connectivity index (χ4v) is 1.71. The van der Waals surface area contributed by atoms with Gasteiger partial charge in [-0.1, -0.05) is 22.0 Å². The highest BCUT2D eigenvalue weighted by Gasteiger charge is 2.02. The quantitative estimate of drug-likeness (QED) is 0.912. The van der Waals surface area contributed by atoms with Crippen molar-refractivity contribution in [1.82, 2.24) is 0 Å². The lowest BCUT2D eigenvalue weighted by atomic mass is 10.2. The summed E-state index contributed by atoms with van der Waals surface area (Å²) in [6, 6.07) is 11.7. The number of phenols is 2. The van der Waals surface area contributed by atoms with Crippen LogP contribution in [-0.4, -0.2) is 10.2 Å². The zero-order valence-electron chi connectivity index (χ0n) is 8.93. The second-order valence-corrected chi connectivity index (χ2v) is 4.47. The zero-order valence-corrected chi connectivity index (χ0v) is 10.5. The highest BCUT2D eigenvalue weighted by atomic mass is 79.9. The van der Waals surface area contributed by atoms with Gasteiger partial charge >= 0.3 is 0 Å². The molecule has 0 amide bonds. The van der Waals surface area contributed by atoms with E-state index in [0.717, 1.165) is 4.47 Å². The summed E-state index contributed by atoms with van der Waals surface area (Å²) in [5.74, 6) is 1.03. The maximum absolute atomic E-state index is 9.66. The first-order valence-corrected chi connectivity index (χ1v) is 5.83. The Hall–Kier alpha value is -1.68. The Morgan fingerprint density at radius 2 is 1.71 bits per heavy atom. The van der Waals surface area contributed by atoms with Crippen LogP contribution in [0.3, 0.4) is 0 Å². The first-order valence-electron chi connectivity index (χ1n) is 5.04. The molecule has 0 aliphatic rings. The second kappa shape index (κ2) is 5.10. The van der Waals surface area contributed by atoms with Gasteiger partial charge in [-0.15, -0.1) is 0 Å². The van der Waals surface area contributed by atoms with Crippen molar-refractivity contribution in [2.75, 3.05) is 0 Å². The van der Waals surface area contributed by atoms with Crippen molar-refractivity contribution < 1.29 is 14.9 Å². The molecule has 2 aromatic carbocycles. The summed E-state index contributed by atoms with van der Waals surface area (Å²) in [6.07, 6.45) is 0. The minimum atomic E-state index is 0.193. The summed E-state index contributed by atoms with van der Waals surface area (Å²) >= 11 is 3.27. The predicted molar refractivity (Wildman–Crippen MR) is 68.2 cm³/mol. The summed E-state index contributed by atoms with van der Waals surface area (Å²) in [7, 11) is 0. The van der Waals surface area contributed by atoms with E-state index in [1.165, 1.54) is 0 Å². The number of halogens is 1. The third-order valence-corrected chi connectivity index (χ3v) is 2.77. The van der Waals surface area contributed by atoms with Crippen molar-refractivity contribution in [2.24, 2.45) is 0 Å². The van der Waals surface area contributed by atoms with Crippen molar-refractivity contribution >= 4 is 15.9 Å². The van der Waals surface area contributed by atoms with E-state index in [9.17, 15) is 5.11 Å². The first-order chi connectivity index (χ1) is 8.15. The van der Waals surface area contributed by atoms with Gasteiger partial charge in [0.05, 0.1) is 0 Å². The number of aromatic hydroxyl groups is 2. The van der Waals surface area contributed by atoms with E-state index >= 15 is 0 Å². The predicted octanol–water partition coefficient (Wildman–Crippen LogP) is 3.44. The Morgan fingerprint density at radius 3 is 2.35 bits per heavy atom. The molecule has 0 spiro atoms. The van der Waals surface area contributed by atoms with Gasteiger partial charge in [0.15, 0.2) is 0 Å². The highest BCUT2D eigenvalue weighted by molar-refractivity contribution is 9.10. The number of ether oxygens (including phenoxy) is 1. The molecular weight excluding hydrogens is 284 g/mol. The summed E-state index contributed by atoms with van der Waals surface area (Å²) in [4.78, 5) is 0. The molecule has 0 unspecified atom stereocenters. The molecule has 3 nitrogen and oxygen atoms in total. The minimum absolute atomic E-state index is 0.193. The van der Waals surface area contributed by atoms with Crippen LogP contribution < -0.4 is 4.74 Å². The maximum atomic E-state index is 9.66. The molecule has 2 rings (SSSR count). The van der Waals surface area contributed by atoms with Crippen molar-refractivity contribution in [1.29, 1.82) is 0 Å². The van der Waals surface area contributed by atoms with Gasteiger partial charge in [0.25, 0.3) is 0 Å². The maximum Gasteiger partial charge on any atom is 0.123 e. The number of rotatable bonds is 3. The van der Waals surface area contributed by atoms with Gasteiger partial charge in [0.1, 0.15) is 23.9 Å². The van der Waals surface area contributed by atoms with Crippen molar-refractivity contribution in [3.8, 4) is 17.2 Å². The molecule has 0 atom stereocenters. The van der Waals surface area contributed by atoms with Crippen LogP contribution in [0.2, 0.25) is 0 Å². The largest absolute Gasteiger partial charge is 0.508 e. The van der Waals surface area contributed by atoms with E-state index in [0.29, 0.717) is 11.3 Å². The van der Waals surface area contributed by atoms with Crippen molar-refractivity contribution in [3.63, 3.8) is 0 Å². The molecule has 0 saturated carbocycles. The van der Waals surface area contributed by atoms with Crippen molar-refractivity contribution in [2.45, 2.75) is 6.61 Å². The standard InChI is InChI=1S/C13H11BrO3/c14-10-2-1-9(13(16)7-10)8-17-12-5-3-11(15)4-6-12/h1-7,15-16H,8H2. The molecule has 17 heavy (non-hydrogen) atoms. The fraction of sp³-hybridized carbons (Fsp3) is 0.0769. The van der Waals surface area contributed by atoms with Crippen LogP contribution in [-0.2, 0) is 6.61 Å². The van der Waals surface area contributed by atoms with Crippen LogP contribution in [0.5, 0.6) is 17.2 Å². The van der Waals surface area contributed by atoms with Gasteiger partial charge in [-0.05, 0) is 36.4 Å².